The number of fused-ring (bicyclic) bond motifs is 1. The van der Waals surface area contributed by atoms with Crippen LogP contribution in [0.25, 0.3) is 10.9 Å². The molecule has 7 nitrogen and oxygen atoms in total. The first-order valence-corrected chi connectivity index (χ1v) is 10.1. The number of anilines is 2. The highest BCUT2D eigenvalue weighted by molar-refractivity contribution is 6.01. The van der Waals surface area contributed by atoms with Crippen molar-refractivity contribution in [2.75, 3.05) is 23.7 Å². The molecule has 3 aliphatic rings. The number of hydrogen-bond donors (Lipinski definition) is 3. The monoisotopic (exact) mass is 400 g/mol. The number of pyridine rings is 1. The van der Waals surface area contributed by atoms with Gasteiger partial charge in [0.15, 0.2) is 0 Å². The molecule has 3 atom stereocenters. The van der Waals surface area contributed by atoms with Crippen molar-refractivity contribution in [2.24, 2.45) is 11.7 Å². The molecule has 0 bridgehead atoms. The number of rotatable bonds is 4. The molecule has 5 N–H and O–H groups in total. The van der Waals surface area contributed by atoms with Crippen LogP contribution < -0.4 is 21.8 Å². The van der Waals surface area contributed by atoms with Crippen LogP contribution in [0.5, 0.6) is 0 Å². The van der Waals surface area contributed by atoms with Crippen LogP contribution in [-0.2, 0) is 0 Å². The number of benzene rings is 1. The lowest BCUT2D eigenvalue weighted by Crippen LogP contribution is -2.34. The van der Waals surface area contributed by atoms with Crippen LogP contribution >= 0.6 is 0 Å². The Bertz CT molecular complexity index is 1110. The second-order valence-electron chi connectivity index (χ2n) is 8.90. The number of alkyl halides is 1. The standard InChI is InChI=1S/C21H25FN4O3/c1-10-15(25-5-2-11(8-25)21(24)3-4-21)7-14(23)17-18(10)26(16-6-13(16)22)9-12(19(17)27)20(28)29/h7,9,11,13,16H,2-6,8,23-24H2,1H3,(H,28,29)/t11-,13+,16?/m1/s1. The van der Waals surface area contributed by atoms with Crippen molar-refractivity contribution in [3.05, 3.63) is 33.6 Å². The Morgan fingerprint density at radius 3 is 2.66 bits per heavy atom. The first-order chi connectivity index (χ1) is 13.7. The highest BCUT2D eigenvalue weighted by atomic mass is 19.1. The Morgan fingerprint density at radius 1 is 1.38 bits per heavy atom. The van der Waals surface area contributed by atoms with Gasteiger partial charge in [0.1, 0.15) is 11.7 Å². The van der Waals surface area contributed by atoms with Crippen LogP contribution in [0.15, 0.2) is 17.1 Å². The Morgan fingerprint density at radius 2 is 2.07 bits per heavy atom. The summed E-state index contributed by atoms with van der Waals surface area (Å²) in [6.45, 7) is 3.57. The lowest BCUT2D eigenvalue weighted by Gasteiger charge is -2.25. The summed E-state index contributed by atoms with van der Waals surface area (Å²) >= 11 is 0. The second-order valence-corrected chi connectivity index (χ2v) is 8.90. The van der Waals surface area contributed by atoms with Crippen molar-refractivity contribution in [1.82, 2.24) is 4.57 Å². The van der Waals surface area contributed by atoms with Gasteiger partial charge in [-0.25, -0.2) is 9.18 Å². The quantitative estimate of drug-likeness (QED) is 0.678. The van der Waals surface area contributed by atoms with Crippen molar-refractivity contribution in [1.29, 1.82) is 0 Å². The lowest BCUT2D eigenvalue weighted by atomic mass is 9.97. The summed E-state index contributed by atoms with van der Waals surface area (Å²) in [7, 11) is 0. The van der Waals surface area contributed by atoms with Gasteiger partial charge in [-0.3, -0.25) is 4.79 Å². The third-order valence-corrected chi connectivity index (χ3v) is 6.99. The fourth-order valence-corrected chi connectivity index (χ4v) is 4.91. The Kier molecular flexibility index (Phi) is 3.78. The fourth-order valence-electron chi connectivity index (χ4n) is 4.91. The molecule has 1 aromatic carbocycles. The second kappa shape index (κ2) is 5.95. The maximum absolute atomic E-state index is 13.9. The number of aryl methyl sites for hydroxylation is 1. The van der Waals surface area contributed by atoms with Crippen molar-refractivity contribution in [3.8, 4) is 0 Å². The molecule has 1 saturated heterocycles. The van der Waals surface area contributed by atoms with Gasteiger partial charge >= 0.3 is 5.97 Å². The number of carboxylic acids is 1. The molecule has 0 spiro atoms. The van der Waals surface area contributed by atoms with Crippen LogP contribution in [0.2, 0.25) is 0 Å². The number of carbonyl (C=O) groups is 1. The van der Waals surface area contributed by atoms with E-state index in [4.69, 9.17) is 11.5 Å². The van der Waals surface area contributed by atoms with Gasteiger partial charge in [-0.15, -0.1) is 0 Å². The highest BCUT2D eigenvalue weighted by Crippen LogP contribution is 2.46. The molecular formula is C21H25FN4O3. The zero-order chi connectivity index (χ0) is 20.7. The van der Waals surface area contributed by atoms with Crippen molar-refractivity contribution < 1.29 is 14.3 Å². The lowest BCUT2D eigenvalue weighted by molar-refractivity contribution is 0.0694. The number of halogens is 1. The molecule has 0 amide bonds. The molecule has 29 heavy (non-hydrogen) atoms. The molecule has 0 radical (unpaired) electrons. The molecule has 2 aromatic rings. The third-order valence-electron chi connectivity index (χ3n) is 6.99. The van der Waals surface area contributed by atoms with E-state index in [9.17, 15) is 19.1 Å². The molecular weight excluding hydrogens is 375 g/mol. The first-order valence-electron chi connectivity index (χ1n) is 10.1. The number of aromatic nitrogens is 1. The predicted molar refractivity (Wildman–Crippen MR) is 109 cm³/mol. The molecule has 2 heterocycles. The smallest absolute Gasteiger partial charge is 0.341 e. The van der Waals surface area contributed by atoms with Crippen molar-refractivity contribution >= 4 is 28.2 Å². The number of nitrogens with two attached hydrogens (primary N) is 2. The first kappa shape index (κ1) is 18.4. The largest absolute Gasteiger partial charge is 0.477 e. The van der Waals surface area contributed by atoms with Crippen LogP contribution in [0, 0.1) is 12.8 Å². The highest BCUT2D eigenvalue weighted by Gasteiger charge is 2.48. The molecule has 8 heteroatoms. The average molecular weight is 400 g/mol. The van der Waals surface area contributed by atoms with E-state index in [1.807, 2.05) is 6.92 Å². The summed E-state index contributed by atoms with van der Waals surface area (Å²) in [6.07, 6.45) is 3.66. The van der Waals surface area contributed by atoms with Crippen LogP contribution in [0.1, 0.15) is 47.6 Å². The van der Waals surface area contributed by atoms with E-state index in [1.165, 1.54) is 6.20 Å². The van der Waals surface area contributed by atoms with Gasteiger partial charge in [0.25, 0.3) is 0 Å². The van der Waals surface area contributed by atoms with E-state index in [0.717, 1.165) is 43.6 Å². The van der Waals surface area contributed by atoms with Crippen LogP contribution in [0.4, 0.5) is 15.8 Å². The molecule has 3 fully saturated rings. The molecule has 1 unspecified atom stereocenters. The number of nitrogen functional groups attached to an aromatic ring is 1. The minimum atomic E-state index is -1.33. The molecule has 2 aliphatic carbocycles. The van der Waals surface area contributed by atoms with Gasteiger partial charge in [-0.05, 0) is 43.7 Å². The van der Waals surface area contributed by atoms with Crippen LogP contribution in [0.3, 0.4) is 0 Å². The fraction of sp³-hybridized carbons (Fsp3) is 0.524. The number of nitrogens with zero attached hydrogens (tertiary/aromatic N) is 2. The third kappa shape index (κ3) is 2.73. The van der Waals surface area contributed by atoms with Crippen molar-refractivity contribution in [2.45, 2.75) is 50.4 Å². The average Bonchev–Trinajstić information content (AvgIpc) is 3.53. The maximum atomic E-state index is 13.9. The van der Waals surface area contributed by atoms with Crippen LogP contribution in [-0.4, -0.2) is 40.4 Å². The van der Waals surface area contributed by atoms with Crippen molar-refractivity contribution in [3.63, 3.8) is 0 Å². The van der Waals surface area contributed by atoms with E-state index in [0.29, 0.717) is 17.9 Å². The zero-order valence-electron chi connectivity index (χ0n) is 16.3. The van der Waals surface area contributed by atoms with Gasteiger partial charge in [-0.2, -0.15) is 0 Å². The summed E-state index contributed by atoms with van der Waals surface area (Å²) in [5.41, 5.74) is 14.1. The normalized spacial score (nSPS) is 27.4. The topological polar surface area (TPSA) is 115 Å². The summed E-state index contributed by atoms with van der Waals surface area (Å²) in [4.78, 5) is 26.7. The van der Waals surface area contributed by atoms with E-state index >= 15 is 0 Å². The van der Waals surface area contributed by atoms with E-state index in [1.54, 1.807) is 10.6 Å². The number of carboxylic acid groups (broad SMARTS) is 1. The van der Waals surface area contributed by atoms with Gasteiger partial charge in [0.2, 0.25) is 5.43 Å². The zero-order valence-corrected chi connectivity index (χ0v) is 16.3. The summed E-state index contributed by atoms with van der Waals surface area (Å²) in [6, 6.07) is 1.29. The number of aromatic carboxylic acids is 1. The van der Waals surface area contributed by atoms with Gasteiger partial charge < -0.3 is 26.0 Å². The van der Waals surface area contributed by atoms with Gasteiger partial charge in [-0.1, -0.05) is 0 Å². The summed E-state index contributed by atoms with van der Waals surface area (Å²) < 4.78 is 15.6. The molecule has 5 rings (SSSR count). The Labute approximate surface area is 167 Å². The number of hydrogen-bond acceptors (Lipinski definition) is 5. The van der Waals surface area contributed by atoms with E-state index in [-0.39, 0.29) is 22.2 Å². The molecule has 154 valence electrons. The maximum Gasteiger partial charge on any atom is 0.341 e. The molecule has 1 aliphatic heterocycles. The minimum absolute atomic E-state index is 0.0566. The SMILES string of the molecule is Cc1c(N2CC[C@@H](C3(N)CC3)C2)cc(N)c2c(=O)c(C(=O)O)cn(C3C[C@@H]3F)c12. The molecule has 1 aromatic heterocycles. The Hall–Kier alpha value is -2.61. The predicted octanol–water partition coefficient (Wildman–Crippen LogP) is 2.19. The molecule has 2 saturated carbocycles. The van der Waals surface area contributed by atoms with Gasteiger partial charge in [0.05, 0.1) is 16.9 Å². The van der Waals surface area contributed by atoms with E-state index in [2.05, 4.69) is 4.90 Å². The Balaban J connectivity index is 1.68. The van der Waals surface area contributed by atoms with Gasteiger partial charge in [0, 0.05) is 42.6 Å². The summed E-state index contributed by atoms with van der Waals surface area (Å²) in [5.74, 6) is -0.906. The van der Waals surface area contributed by atoms with E-state index < -0.39 is 23.6 Å². The minimum Gasteiger partial charge on any atom is -0.477 e. The summed E-state index contributed by atoms with van der Waals surface area (Å²) in [5, 5.41) is 9.61.